The van der Waals surface area contributed by atoms with E-state index in [0.29, 0.717) is 17.3 Å². The van der Waals surface area contributed by atoms with Gasteiger partial charge in [-0.25, -0.2) is 13.8 Å². The van der Waals surface area contributed by atoms with Gasteiger partial charge in [0, 0.05) is 31.1 Å². The minimum Gasteiger partial charge on any atom is -0.488 e. The number of pyridine rings is 1. The lowest BCUT2D eigenvalue weighted by atomic mass is 10.1. The van der Waals surface area contributed by atoms with Gasteiger partial charge in [0.25, 0.3) is 0 Å². The average Bonchev–Trinajstić information content (AvgIpc) is 3.17. The third-order valence-electron chi connectivity index (χ3n) is 5.03. The largest absolute Gasteiger partial charge is 0.488 e. The standard InChI is InChI=1S/C21H25F2N3O3/c1-25(2)15-8-9-26(13-15)19-6-3-5-18(24-19)14-11-16(22)21(17(23)12-14)29-10-4-7-20(27)28/h3,5-6,11-12,15H,4,7-10,13H2,1-2H3,(H,27,28). The Bertz CT molecular complexity index is 853. The minimum absolute atomic E-state index is 0.0742. The molecule has 0 saturated carbocycles. The molecule has 0 amide bonds. The summed E-state index contributed by atoms with van der Waals surface area (Å²) in [6, 6.07) is 8.27. The molecule has 1 aliphatic heterocycles. The van der Waals surface area contributed by atoms with Crippen molar-refractivity contribution in [2.75, 3.05) is 38.7 Å². The number of anilines is 1. The fourth-order valence-corrected chi connectivity index (χ4v) is 3.37. The van der Waals surface area contributed by atoms with E-state index in [4.69, 9.17) is 9.84 Å². The van der Waals surface area contributed by atoms with Crippen LogP contribution >= 0.6 is 0 Å². The molecular formula is C21H25F2N3O3. The third-order valence-corrected chi connectivity index (χ3v) is 5.03. The van der Waals surface area contributed by atoms with Crippen LogP contribution in [0.25, 0.3) is 11.3 Å². The fraction of sp³-hybridized carbons (Fsp3) is 0.429. The molecule has 1 atom stereocenters. The lowest BCUT2D eigenvalue weighted by molar-refractivity contribution is -0.137. The number of ether oxygens (including phenoxy) is 1. The molecule has 3 rings (SSSR count). The quantitative estimate of drug-likeness (QED) is 0.679. The first-order chi connectivity index (χ1) is 13.8. The molecule has 2 heterocycles. The number of hydrogen-bond donors (Lipinski definition) is 1. The maximum atomic E-state index is 14.4. The van der Waals surface area contributed by atoms with Crippen molar-refractivity contribution in [2.24, 2.45) is 0 Å². The van der Waals surface area contributed by atoms with Gasteiger partial charge < -0.3 is 19.6 Å². The molecular weight excluding hydrogens is 380 g/mol. The number of carboxylic acids is 1. The summed E-state index contributed by atoms with van der Waals surface area (Å²) in [5, 5.41) is 8.61. The zero-order valence-electron chi connectivity index (χ0n) is 16.6. The molecule has 1 aromatic carbocycles. The zero-order valence-corrected chi connectivity index (χ0v) is 16.6. The molecule has 0 bridgehead atoms. The van der Waals surface area contributed by atoms with Crippen LogP contribution in [0.1, 0.15) is 19.3 Å². The monoisotopic (exact) mass is 405 g/mol. The molecule has 1 fully saturated rings. The molecule has 1 N–H and O–H groups in total. The van der Waals surface area contributed by atoms with Crippen molar-refractivity contribution in [1.29, 1.82) is 0 Å². The fourth-order valence-electron chi connectivity index (χ4n) is 3.37. The van der Waals surface area contributed by atoms with E-state index >= 15 is 0 Å². The Hall–Kier alpha value is -2.74. The van der Waals surface area contributed by atoms with E-state index in [1.54, 1.807) is 6.07 Å². The number of aliphatic carboxylic acids is 1. The summed E-state index contributed by atoms with van der Waals surface area (Å²) >= 11 is 0. The maximum Gasteiger partial charge on any atom is 0.303 e. The molecule has 8 heteroatoms. The first-order valence-electron chi connectivity index (χ1n) is 9.57. The maximum absolute atomic E-state index is 14.4. The van der Waals surface area contributed by atoms with Crippen molar-refractivity contribution in [3.63, 3.8) is 0 Å². The molecule has 1 saturated heterocycles. The number of halogens is 2. The molecule has 1 unspecified atom stereocenters. The van der Waals surface area contributed by atoms with Crippen molar-refractivity contribution in [1.82, 2.24) is 9.88 Å². The van der Waals surface area contributed by atoms with Gasteiger partial charge in [0.1, 0.15) is 5.82 Å². The highest BCUT2D eigenvalue weighted by Crippen LogP contribution is 2.30. The zero-order chi connectivity index (χ0) is 21.0. The summed E-state index contributed by atoms with van der Waals surface area (Å²) in [5.41, 5.74) is 0.800. The van der Waals surface area contributed by atoms with Crippen LogP contribution in [0.4, 0.5) is 14.6 Å². The Morgan fingerprint density at radius 1 is 1.31 bits per heavy atom. The van der Waals surface area contributed by atoms with Crippen molar-refractivity contribution in [3.05, 3.63) is 42.0 Å². The Morgan fingerprint density at radius 3 is 2.66 bits per heavy atom. The van der Waals surface area contributed by atoms with Crippen LogP contribution < -0.4 is 9.64 Å². The summed E-state index contributed by atoms with van der Waals surface area (Å²) in [6.07, 6.45) is 1.09. The van der Waals surface area contributed by atoms with Gasteiger partial charge in [-0.05, 0) is 51.2 Å². The number of likely N-dealkylation sites (N-methyl/N-ethyl adjacent to an activating group) is 1. The van der Waals surface area contributed by atoms with Crippen LogP contribution in [0.5, 0.6) is 5.75 Å². The van der Waals surface area contributed by atoms with Crippen molar-refractivity contribution < 1.29 is 23.4 Å². The van der Waals surface area contributed by atoms with E-state index in [0.717, 1.165) is 25.3 Å². The molecule has 0 radical (unpaired) electrons. The number of carbonyl (C=O) groups is 1. The molecule has 0 spiro atoms. The summed E-state index contributed by atoms with van der Waals surface area (Å²) < 4.78 is 33.9. The van der Waals surface area contributed by atoms with Crippen LogP contribution in [-0.4, -0.2) is 60.8 Å². The van der Waals surface area contributed by atoms with E-state index in [-0.39, 0.29) is 19.4 Å². The predicted octanol–water partition coefficient (Wildman–Crippen LogP) is 3.41. The number of benzene rings is 1. The highest BCUT2D eigenvalue weighted by atomic mass is 19.1. The third kappa shape index (κ3) is 5.20. The molecule has 0 aliphatic carbocycles. The molecule has 2 aromatic rings. The molecule has 29 heavy (non-hydrogen) atoms. The van der Waals surface area contributed by atoms with E-state index < -0.39 is 23.4 Å². The first-order valence-corrected chi connectivity index (χ1v) is 9.57. The normalized spacial score (nSPS) is 16.4. The van der Waals surface area contributed by atoms with Crippen LogP contribution in [0.15, 0.2) is 30.3 Å². The van der Waals surface area contributed by atoms with Gasteiger partial charge in [0.2, 0.25) is 0 Å². The van der Waals surface area contributed by atoms with Crippen LogP contribution in [-0.2, 0) is 4.79 Å². The summed E-state index contributed by atoms with van der Waals surface area (Å²) in [6.45, 7) is 1.66. The van der Waals surface area contributed by atoms with Crippen molar-refractivity contribution in [3.8, 4) is 17.0 Å². The molecule has 156 valence electrons. The van der Waals surface area contributed by atoms with Crippen molar-refractivity contribution in [2.45, 2.75) is 25.3 Å². The van der Waals surface area contributed by atoms with Gasteiger partial charge in [-0.3, -0.25) is 4.79 Å². The van der Waals surface area contributed by atoms with Gasteiger partial charge in [-0.2, -0.15) is 0 Å². The topological polar surface area (TPSA) is 65.9 Å². The highest BCUT2D eigenvalue weighted by Gasteiger charge is 2.25. The average molecular weight is 405 g/mol. The number of nitrogens with zero attached hydrogens (tertiary/aromatic N) is 3. The highest BCUT2D eigenvalue weighted by molar-refractivity contribution is 5.66. The van der Waals surface area contributed by atoms with Gasteiger partial charge in [-0.15, -0.1) is 0 Å². The van der Waals surface area contributed by atoms with E-state index in [1.165, 1.54) is 12.1 Å². The minimum atomic E-state index is -0.981. The first kappa shape index (κ1) is 21.0. The van der Waals surface area contributed by atoms with Gasteiger partial charge in [0.15, 0.2) is 17.4 Å². The Balaban J connectivity index is 1.75. The second kappa shape index (κ2) is 9.17. The summed E-state index contributed by atoms with van der Waals surface area (Å²) in [5.74, 6) is -2.37. The number of rotatable bonds is 8. The summed E-state index contributed by atoms with van der Waals surface area (Å²) in [7, 11) is 4.10. The van der Waals surface area contributed by atoms with Crippen LogP contribution in [0.2, 0.25) is 0 Å². The van der Waals surface area contributed by atoms with Gasteiger partial charge in [-0.1, -0.05) is 6.07 Å². The smallest absolute Gasteiger partial charge is 0.303 e. The van der Waals surface area contributed by atoms with E-state index in [9.17, 15) is 13.6 Å². The number of hydrogen-bond acceptors (Lipinski definition) is 5. The Kier molecular flexibility index (Phi) is 6.64. The number of aromatic nitrogens is 1. The predicted molar refractivity (Wildman–Crippen MR) is 106 cm³/mol. The lowest BCUT2D eigenvalue weighted by Gasteiger charge is -2.21. The Labute approximate surface area is 168 Å². The molecule has 1 aromatic heterocycles. The number of carboxylic acid groups (broad SMARTS) is 1. The van der Waals surface area contributed by atoms with Crippen LogP contribution in [0.3, 0.4) is 0 Å². The van der Waals surface area contributed by atoms with E-state index in [1.807, 2.05) is 12.1 Å². The lowest BCUT2D eigenvalue weighted by Crippen LogP contribution is -2.31. The SMILES string of the molecule is CN(C)C1CCN(c2cccc(-c3cc(F)c(OCCCC(=O)O)c(F)c3)n2)C1. The van der Waals surface area contributed by atoms with Gasteiger partial charge >= 0.3 is 5.97 Å². The Morgan fingerprint density at radius 2 is 2.03 bits per heavy atom. The molecule has 6 nitrogen and oxygen atoms in total. The summed E-state index contributed by atoms with van der Waals surface area (Å²) in [4.78, 5) is 19.4. The second-order valence-corrected chi connectivity index (χ2v) is 7.35. The van der Waals surface area contributed by atoms with Crippen molar-refractivity contribution >= 4 is 11.8 Å². The second-order valence-electron chi connectivity index (χ2n) is 7.35. The molecule has 1 aliphatic rings. The van der Waals surface area contributed by atoms with E-state index in [2.05, 4.69) is 28.9 Å². The van der Waals surface area contributed by atoms with Gasteiger partial charge in [0.05, 0.1) is 12.3 Å². The van der Waals surface area contributed by atoms with Crippen LogP contribution in [0, 0.1) is 11.6 Å².